The van der Waals surface area contributed by atoms with E-state index in [9.17, 15) is 14.4 Å². The van der Waals surface area contributed by atoms with Crippen LogP contribution in [0.2, 0.25) is 0 Å². The van der Waals surface area contributed by atoms with Crippen LogP contribution < -0.4 is 0 Å². The number of esters is 2. The Labute approximate surface area is 73.4 Å². The lowest BCUT2D eigenvalue weighted by Gasteiger charge is -2.10. The lowest BCUT2D eigenvalue weighted by molar-refractivity contribution is -0.163. The molecule has 0 bridgehead atoms. The summed E-state index contributed by atoms with van der Waals surface area (Å²) in [6.45, 7) is 0. The Balaban J connectivity index is 2.77. The lowest BCUT2D eigenvalue weighted by atomic mass is 10.0. The van der Waals surface area contributed by atoms with E-state index in [-0.39, 0.29) is 6.42 Å². The van der Waals surface area contributed by atoms with Crippen LogP contribution in [0.3, 0.4) is 0 Å². The first-order valence-electron chi connectivity index (χ1n) is 3.56. The molecule has 0 aliphatic carbocycles. The van der Waals surface area contributed by atoms with Crippen LogP contribution in [0, 0.1) is 5.92 Å². The van der Waals surface area contributed by atoms with Gasteiger partial charge in [0, 0.05) is 0 Å². The van der Waals surface area contributed by atoms with Crippen molar-refractivity contribution in [1.82, 2.24) is 0 Å². The molecule has 1 rings (SSSR count). The Hall–Kier alpha value is -1.59. The Bertz CT molecular complexity index is 258. The predicted octanol–water partition coefficient (Wildman–Crippen LogP) is -0.824. The minimum Gasteiger partial charge on any atom is -0.481 e. The SMILES string of the molecule is COC(=O)C1OC(=O)CC1C(=O)O. The van der Waals surface area contributed by atoms with E-state index < -0.39 is 29.9 Å². The summed E-state index contributed by atoms with van der Waals surface area (Å²) in [4.78, 5) is 32.1. The third-order valence-corrected chi connectivity index (χ3v) is 1.76. The monoisotopic (exact) mass is 188 g/mol. The van der Waals surface area contributed by atoms with Gasteiger partial charge in [-0.05, 0) is 0 Å². The third kappa shape index (κ3) is 1.77. The maximum Gasteiger partial charge on any atom is 0.348 e. The molecule has 2 unspecified atom stereocenters. The van der Waals surface area contributed by atoms with Crippen LogP contribution >= 0.6 is 0 Å². The molecular formula is C7H8O6. The first-order valence-corrected chi connectivity index (χ1v) is 3.56. The van der Waals surface area contributed by atoms with Gasteiger partial charge < -0.3 is 14.6 Å². The largest absolute Gasteiger partial charge is 0.481 e. The van der Waals surface area contributed by atoms with Crippen LogP contribution in [-0.4, -0.2) is 36.2 Å². The number of carbonyl (C=O) groups excluding carboxylic acids is 2. The molecule has 6 nitrogen and oxygen atoms in total. The molecule has 0 radical (unpaired) electrons. The highest BCUT2D eigenvalue weighted by atomic mass is 16.6. The van der Waals surface area contributed by atoms with Gasteiger partial charge in [-0.2, -0.15) is 0 Å². The van der Waals surface area contributed by atoms with Crippen molar-refractivity contribution in [2.45, 2.75) is 12.5 Å². The molecule has 1 fully saturated rings. The fraction of sp³-hybridized carbons (Fsp3) is 0.571. The van der Waals surface area contributed by atoms with Gasteiger partial charge in [-0.25, -0.2) is 4.79 Å². The summed E-state index contributed by atoms with van der Waals surface area (Å²) in [5, 5.41) is 8.61. The molecule has 13 heavy (non-hydrogen) atoms. The molecule has 0 saturated carbocycles. The fourth-order valence-electron chi connectivity index (χ4n) is 1.10. The van der Waals surface area contributed by atoms with Gasteiger partial charge >= 0.3 is 17.9 Å². The molecular weight excluding hydrogens is 180 g/mol. The average Bonchev–Trinajstić information content (AvgIpc) is 2.46. The summed E-state index contributed by atoms with van der Waals surface area (Å²) in [5.41, 5.74) is 0. The van der Waals surface area contributed by atoms with E-state index in [0.717, 1.165) is 7.11 Å². The van der Waals surface area contributed by atoms with Crippen molar-refractivity contribution in [2.75, 3.05) is 7.11 Å². The van der Waals surface area contributed by atoms with Crippen LogP contribution in [0.5, 0.6) is 0 Å². The number of methoxy groups -OCH3 is 1. The van der Waals surface area contributed by atoms with Gasteiger partial charge in [-0.15, -0.1) is 0 Å². The maximum atomic E-state index is 10.9. The van der Waals surface area contributed by atoms with Crippen LogP contribution in [0.4, 0.5) is 0 Å². The molecule has 1 saturated heterocycles. The summed E-state index contributed by atoms with van der Waals surface area (Å²) in [6.07, 6.45) is -1.58. The van der Waals surface area contributed by atoms with Gasteiger partial charge in [0.2, 0.25) is 6.10 Å². The zero-order chi connectivity index (χ0) is 10.0. The zero-order valence-electron chi connectivity index (χ0n) is 6.85. The molecule has 2 atom stereocenters. The maximum absolute atomic E-state index is 10.9. The summed E-state index contributed by atoms with van der Waals surface area (Å²) >= 11 is 0. The van der Waals surface area contributed by atoms with E-state index in [1.165, 1.54) is 0 Å². The van der Waals surface area contributed by atoms with E-state index in [1.807, 2.05) is 0 Å². The number of hydrogen-bond donors (Lipinski definition) is 1. The normalized spacial score (nSPS) is 26.7. The van der Waals surface area contributed by atoms with Crippen molar-refractivity contribution in [3.8, 4) is 0 Å². The number of carboxylic acid groups (broad SMARTS) is 1. The smallest absolute Gasteiger partial charge is 0.348 e. The van der Waals surface area contributed by atoms with Crippen molar-refractivity contribution in [3.05, 3.63) is 0 Å². The van der Waals surface area contributed by atoms with Crippen LogP contribution in [0.1, 0.15) is 6.42 Å². The lowest BCUT2D eigenvalue weighted by Crippen LogP contribution is -2.32. The Kier molecular flexibility index (Phi) is 2.50. The molecule has 6 heteroatoms. The van der Waals surface area contributed by atoms with Crippen LogP contribution in [-0.2, 0) is 23.9 Å². The summed E-state index contributed by atoms with van der Waals surface area (Å²) < 4.78 is 8.78. The standard InChI is InChI=1S/C7H8O6/c1-12-7(11)5-3(6(9)10)2-4(8)13-5/h3,5H,2H2,1H3,(H,9,10). The van der Waals surface area contributed by atoms with Crippen molar-refractivity contribution in [2.24, 2.45) is 5.92 Å². The quantitative estimate of drug-likeness (QED) is 0.569. The molecule has 0 aromatic carbocycles. The highest BCUT2D eigenvalue weighted by Crippen LogP contribution is 2.23. The zero-order valence-corrected chi connectivity index (χ0v) is 6.85. The highest BCUT2D eigenvalue weighted by Gasteiger charge is 2.45. The first kappa shape index (κ1) is 9.50. The van der Waals surface area contributed by atoms with Crippen LogP contribution in [0.25, 0.3) is 0 Å². The number of hydrogen-bond acceptors (Lipinski definition) is 5. The van der Waals surface area contributed by atoms with Gasteiger partial charge in [-0.3, -0.25) is 9.59 Å². The number of cyclic esters (lactones) is 1. The van der Waals surface area contributed by atoms with E-state index in [1.54, 1.807) is 0 Å². The van der Waals surface area contributed by atoms with Gasteiger partial charge in [0.15, 0.2) is 0 Å². The number of aliphatic carboxylic acids is 1. The molecule has 1 heterocycles. The molecule has 0 amide bonds. The number of rotatable bonds is 2. The van der Waals surface area contributed by atoms with E-state index in [2.05, 4.69) is 9.47 Å². The molecule has 1 aliphatic heterocycles. The average molecular weight is 188 g/mol. The van der Waals surface area contributed by atoms with E-state index >= 15 is 0 Å². The summed E-state index contributed by atoms with van der Waals surface area (Å²) in [6, 6.07) is 0. The molecule has 0 spiro atoms. The minimum absolute atomic E-state index is 0.283. The number of carbonyl (C=O) groups is 3. The number of ether oxygens (including phenoxy) is 2. The molecule has 0 aromatic heterocycles. The highest BCUT2D eigenvalue weighted by molar-refractivity contribution is 5.91. The van der Waals surface area contributed by atoms with Crippen molar-refractivity contribution < 1.29 is 29.0 Å². The van der Waals surface area contributed by atoms with Gasteiger partial charge in [0.1, 0.15) is 5.92 Å². The van der Waals surface area contributed by atoms with Crippen molar-refractivity contribution in [1.29, 1.82) is 0 Å². The number of carboxylic acids is 1. The molecule has 72 valence electrons. The fourth-order valence-corrected chi connectivity index (χ4v) is 1.10. The molecule has 1 N–H and O–H groups in total. The van der Waals surface area contributed by atoms with Gasteiger partial charge in [0.25, 0.3) is 0 Å². The minimum atomic E-state index is -1.30. The van der Waals surface area contributed by atoms with E-state index in [4.69, 9.17) is 5.11 Å². The third-order valence-electron chi connectivity index (χ3n) is 1.76. The Morgan fingerprint density at radius 1 is 1.62 bits per heavy atom. The van der Waals surface area contributed by atoms with Gasteiger partial charge in [-0.1, -0.05) is 0 Å². The summed E-state index contributed by atoms with van der Waals surface area (Å²) in [7, 11) is 1.10. The molecule has 0 aromatic rings. The second-order valence-corrected chi connectivity index (χ2v) is 2.58. The van der Waals surface area contributed by atoms with Crippen LogP contribution in [0.15, 0.2) is 0 Å². The molecule has 1 aliphatic rings. The van der Waals surface area contributed by atoms with Crippen molar-refractivity contribution >= 4 is 17.9 Å². The topological polar surface area (TPSA) is 89.9 Å². The first-order chi connectivity index (χ1) is 6.06. The van der Waals surface area contributed by atoms with Crippen molar-refractivity contribution in [3.63, 3.8) is 0 Å². The summed E-state index contributed by atoms with van der Waals surface area (Å²) in [5.74, 6) is -3.89. The van der Waals surface area contributed by atoms with E-state index in [0.29, 0.717) is 0 Å². The second kappa shape index (κ2) is 3.42. The second-order valence-electron chi connectivity index (χ2n) is 2.58. The van der Waals surface area contributed by atoms with Gasteiger partial charge in [0.05, 0.1) is 13.5 Å². The Morgan fingerprint density at radius 3 is 2.69 bits per heavy atom. The Morgan fingerprint density at radius 2 is 2.23 bits per heavy atom. The predicted molar refractivity (Wildman–Crippen MR) is 37.6 cm³/mol.